The van der Waals surface area contributed by atoms with Crippen molar-refractivity contribution >= 4 is 0 Å². The standard InChI is InChI=1S/C10H20O/c1-3-5-7-10(9-11)8-6-4-2/h5,7,10-11H,3-4,6,8-9H2,1-2H3. The van der Waals surface area contributed by atoms with Crippen LogP contribution in [0.3, 0.4) is 0 Å². The van der Waals surface area contributed by atoms with E-state index in [2.05, 4.69) is 26.0 Å². The fraction of sp³-hybridized carbons (Fsp3) is 0.800. The molecule has 0 aromatic heterocycles. The highest BCUT2D eigenvalue weighted by atomic mass is 16.3. The van der Waals surface area contributed by atoms with Crippen molar-refractivity contribution in [3.8, 4) is 0 Å². The zero-order valence-corrected chi connectivity index (χ0v) is 7.71. The van der Waals surface area contributed by atoms with E-state index in [1.807, 2.05) is 0 Å². The van der Waals surface area contributed by atoms with Crippen molar-refractivity contribution in [2.45, 2.75) is 39.5 Å². The van der Waals surface area contributed by atoms with Crippen LogP contribution in [-0.2, 0) is 0 Å². The SMILES string of the molecule is CCC=CC(CO)CCCC. The van der Waals surface area contributed by atoms with Crippen molar-refractivity contribution in [3.63, 3.8) is 0 Å². The van der Waals surface area contributed by atoms with E-state index in [-0.39, 0.29) is 0 Å². The lowest BCUT2D eigenvalue weighted by atomic mass is 10.0. The second-order valence-corrected chi connectivity index (χ2v) is 2.92. The summed E-state index contributed by atoms with van der Waals surface area (Å²) >= 11 is 0. The van der Waals surface area contributed by atoms with Gasteiger partial charge in [-0.15, -0.1) is 0 Å². The molecule has 11 heavy (non-hydrogen) atoms. The average molecular weight is 156 g/mol. The molecule has 0 aromatic carbocycles. The maximum absolute atomic E-state index is 8.93. The Hall–Kier alpha value is -0.300. The van der Waals surface area contributed by atoms with Crippen molar-refractivity contribution in [1.29, 1.82) is 0 Å². The molecule has 0 aromatic rings. The Morgan fingerprint density at radius 3 is 2.55 bits per heavy atom. The number of hydrogen-bond donors (Lipinski definition) is 1. The first-order valence-corrected chi connectivity index (χ1v) is 4.62. The van der Waals surface area contributed by atoms with Crippen LogP contribution < -0.4 is 0 Å². The van der Waals surface area contributed by atoms with Crippen LogP contribution in [0.15, 0.2) is 12.2 Å². The predicted molar refractivity (Wildman–Crippen MR) is 49.5 cm³/mol. The van der Waals surface area contributed by atoms with Crippen LogP contribution in [0.4, 0.5) is 0 Å². The highest BCUT2D eigenvalue weighted by Crippen LogP contribution is 2.09. The number of aliphatic hydroxyl groups is 1. The third-order valence-corrected chi connectivity index (χ3v) is 1.81. The summed E-state index contributed by atoms with van der Waals surface area (Å²) in [6.45, 7) is 4.60. The lowest BCUT2D eigenvalue weighted by molar-refractivity contribution is 0.244. The molecule has 0 fully saturated rings. The van der Waals surface area contributed by atoms with Crippen LogP contribution in [0.25, 0.3) is 0 Å². The van der Waals surface area contributed by atoms with E-state index >= 15 is 0 Å². The molecule has 66 valence electrons. The second-order valence-electron chi connectivity index (χ2n) is 2.92. The van der Waals surface area contributed by atoms with E-state index in [1.165, 1.54) is 12.8 Å². The molecule has 0 aliphatic heterocycles. The van der Waals surface area contributed by atoms with Crippen LogP contribution >= 0.6 is 0 Å². The summed E-state index contributed by atoms with van der Waals surface area (Å²) in [7, 11) is 0. The van der Waals surface area contributed by atoms with Gasteiger partial charge in [0.25, 0.3) is 0 Å². The fourth-order valence-electron chi connectivity index (χ4n) is 1.04. The lowest BCUT2D eigenvalue weighted by Gasteiger charge is -2.06. The molecule has 0 saturated carbocycles. The van der Waals surface area contributed by atoms with Gasteiger partial charge in [-0.25, -0.2) is 0 Å². The van der Waals surface area contributed by atoms with Crippen LogP contribution in [0.1, 0.15) is 39.5 Å². The zero-order valence-electron chi connectivity index (χ0n) is 7.71. The smallest absolute Gasteiger partial charge is 0.0493 e. The molecule has 0 spiro atoms. The van der Waals surface area contributed by atoms with Gasteiger partial charge in [0.15, 0.2) is 0 Å². The molecule has 1 N–H and O–H groups in total. The molecule has 1 atom stereocenters. The summed E-state index contributed by atoms with van der Waals surface area (Å²) in [6, 6.07) is 0. The van der Waals surface area contributed by atoms with Gasteiger partial charge in [-0.3, -0.25) is 0 Å². The van der Waals surface area contributed by atoms with E-state index < -0.39 is 0 Å². The Morgan fingerprint density at radius 2 is 2.09 bits per heavy atom. The van der Waals surface area contributed by atoms with Crippen molar-refractivity contribution < 1.29 is 5.11 Å². The second kappa shape index (κ2) is 7.80. The molecule has 0 aliphatic rings. The van der Waals surface area contributed by atoms with Crippen molar-refractivity contribution in [3.05, 3.63) is 12.2 Å². The van der Waals surface area contributed by atoms with Crippen LogP contribution in [0.2, 0.25) is 0 Å². The zero-order chi connectivity index (χ0) is 8.53. The monoisotopic (exact) mass is 156 g/mol. The summed E-state index contributed by atoms with van der Waals surface area (Å²) in [6.07, 6.45) is 8.91. The van der Waals surface area contributed by atoms with Gasteiger partial charge in [-0.1, -0.05) is 38.8 Å². The van der Waals surface area contributed by atoms with Crippen molar-refractivity contribution in [1.82, 2.24) is 0 Å². The van der Waals surface area contributed by atoms with Gasteiger partial charge in [-0.05, 0) is 18.8 Å². The van der Waals surface area contributed by atoms with E-state index in [0.717, 1.165) is 12.8 Å². The van der Waals surface area contributed by atoms with Crippen LogP contribution in [0, 0.1) is 5.92 Å². The molecular formula is C10H20O. The average Bonchev–Trinajstić information content (AvgIpc) is 2.05. The number of aliphatic hydroxyl groups excluding tert-OH is 1. The number of unbranched alkanes of at least 4 members (excludes halogenated alkanes) is 1. The molecule has 1 heteroatoms. The van der Waals surface area contributed by atoms with Gasteiger partial charge in [0.05, 0.1) is 0 Å². The summed E-state index contributed by atoms with van der Waals surface area (Å²) in [5.41, 5.74) is 0. The Morgan fingerprint density at radius 1 is 1.36 bits per heavy atom. The van der Waals surface area contributed by atoms with E-state index in [1.54, 1.807) is 0 Å². The number of hydrogen-bond acceptors (Lipinski definition) is 1. The topological polar surface area (TPSA) is 20.2 Å². The lowest BCUT2D eigenvalue weighted by Crippen LogP contribution is -2.01. The first kappa shape index (κ1) is 10.7. The molecule has 1 nitrogen and oxygen atoms in total. The Labute approximate surface area is 70.1 Å². The molecule has 0 rings (SSSR count). The highest BCUT2D eigenvalue weighted by Gasteiger charge is 2.00. The molecule has 0 bridgehead atoms. The molecule has 0 saturated heterocycles. The Balaban J connectivity index is 3.48. The minimum absolute atomic E-state index is 0.302. The Bertz CT molecular complexity index is 97.0. The molecule has 0 aliphatic carbocycles. The maximum atomic E-state index is 8.93. The molecular weight excluding hydrogens is 136 g/mol. The van der Waals surface area contributed by atoms with Gasteiger partial charge < -0.3 is 5.11 Å². The minimum Gasteiger partial charge on any atom is -0.396 e. The summed E-state index contributed by atoms with van der Waals surface area (Å²) in [5.74, 6) is 0.398. The fourth-order valence-corrected chi connectivity index (χ4v) is 1.04. The molecule has 1 unspecified atom stereocenters. The van der Waals surface area contributed by atoms with Gasteiger partial charge in [0, 0.05) is 6.61 Å². The third kappa shape index (κ3) is 6.11. The summed E-state index contributed by atoms with van der Waals surface area (Å²) in [5, 5.41) is 8.93. The normalized spacial score (nSPS) is 14.1. The van der Waals surface area contributed by atoms with Gasteiger partial charge in [-0.2, -0.15) is 0 Å². The van der Waals surface area contributed by atoms with E-state index in [9.17, 15) is 0 Å². The first-order chi connectivity index (χ1) is 5.35. The van der Waals surface area contributed by atoms with Crippen LogP contribution in [-0.4, -0.2) is 11.7 Å². The largest absolute Gasteiger partial charge is 0.396 e. The molecule has 0 radical (unpaired) electrons. The minimum atomic E-state index is 0.302. The molecule has 0 heterocycles. The summed E-state index contributed by atoms with van der Waals surface area (Å²) in [4.78, 5) is 0. The predicted octanol–water partition coefficient (Wildman–Crippen LogP) is 2.75. The third-order valence-electron chi connectivity index (χ3n) is 1.81. The van der Waals surface area contributed by atoms with Gasteiger partial charge in [0.2, 0.25) is 0 Å². The summed E-state index contributed by atoms with van der Waals surface area (Å²) < 4.78 is 0. The van der Waals surface area contributed by atoms with E-state index in [4.69, 9.17) is 5.11 Å². The maximum Gasteiger partial charge on any atom is 0.0493 e. The van der Waals surface area contributed by atoms with Gasteiger partial charge >= 0.3 is 0 Å². The quantitative estimate of drug-likeness (QED) is 0.586. The van der Waals surface area contributed by atoms with Gasteiger partial charge in [0.1, 0.15) is 0 Å². The highest BCUT2D eigenvalue weighted by molar-refractivity contribution is 4.87. The van der Waals surface area contributed by atoms with Crippen molar-refractivity contribution in [2.75, 3.05) is 6.61 Å². The van der Waals surface area contributed by atoms with E-state index in [0.29, 0.717) is 12.5 Å². The number of rotatable bonds is 6. The Kier molecular flexibility index (Phi) is 7.59. The van der Waals surface area contributed by atoms with Crippen LogP contribution in [0.5, 0.6) is 0 Å². The molecule has 0 amide bonds. The first-order valence-electron chi connectivity index (χ1n) is 4.62. The number of allylic oxidation sites excluding steroid dienone is 1. The van der Waals surface area contributed by atoms with Crippen molar-refractivity contribution in [2.24, 2.45) is 5.92 Å².